The number of carbonyl (C=O) groups is 2. The number of carbonyl (C=O) groups excluding carboxylic acids is 1. The van der Waals surface area contributed by atoms with Crippen LogP contribution in [0.15, 0.2) is 39.9 Å². The third-order valence-corrected chi connectivity index (χ3v) is 8.03. The minimum Gasteiger partial charge on any atom is -0.477 e. The molecule has 0 aliphatic carbocycles. The number of nitrogens with two attached hydrogens (primary N) is 2. The summed E-state index contributed by atoms with van der Waals surface area (Å²) in [6.45, 7) is 4.72. The highest BCUT2D eigenvalue weighted by Crippen LogP contribution is 2.52. The molecule has 10 heteroatoms. The molecule has 2 saturated heterocycles. The molecule has 3 aliphatic heterocycles. The van der Waals surface area contributed by atoms with E-state index >= 15 is 0 Å². The number of carboxylic acids is 1. The average molecular weight is 460 g/mol. The van der Waals surface area contributed by atoms with Crippen LogP contribution in [0, 0.1) is 11.8 Å². The zero-order valence-electron chi connectivity index (χ0n) is 18.1. The van der Waals surface area contributed by atoms with E-state index in [1.165, 1.54) is 4.90 Å². The number of rotatable bonds is 7. The predicted molar refractivity (Wildman–Crippen MR) is 122 cm³/mol. The molecule has 0 spiro atoms. The van der Waals surface area contributed by atoms with Crippen LogP contribution >= 0.6 is 11.8 Å². The summed E-state index contributed by atoms with van der Waals surface area (Å²) < 4.78 is 0. The van der Waals surface area contributed by atoms with Crippen LogP contribution in [0.25, 0.3) is 0 Å². The first-order chi connectivity index (χ1) is 15.2. The number of β-lactam (4-membered cyclic amide) rings is 1. The van der Waals surface area contributed by atoms with E-state index in [-0.39, 0.29) is 40.8 Å². The van der Waals surface area contributed by atoms with Gasteiger partial charge in [0, 0.05) is 28.7 Å². The smallest absolute Gasteiger partial charge is 0.353 e. The van der Waals surface area contributed by atoms with Crippen LogP contribution < -0.4 is 16.8 Å². The molecule has 0 unspecified atom stereocenters. The monoisotopic (exact) mass is 459 g/mol. The number of benzene rings is 1. The Balaban J connectivity index is 1.45. The first-order valence-electron chi connectivity index (χ1n) is 10.7. The molecule has 0 bridgehead atoms. The number of aliphatic hydroxyl groups excluding tert-OH is 1. The summed E-state index contributed by atoms with van der Waals surface area (Å²) >= 11 is 1.55. The van der Waals surface area contributed by atoms with Gasteiger partial charge in [0.1, 0.15) is 5.70 Å². The minimum atomic E-state index is -1.09. The summed E-state index contributed by atoms with van der Waals surface area (Å²) in [5.74, 6) is -1.97. The third kappa shape index (κ3) is 3.98. The Labute approximate surface area is 190 Å². The number of aliphatic carboxylic acids is 1. The van der Waals surface area contributed by atoms with Crippen molar-refractivity contribution < 1.29 is 19.8 Å². The summed E-state index contributed by atoms with van der Waals surface area (Å²) in [5.41, 5.74) is 13.0. The second-order valence-corrected chi connectivity index (χ2v) is 10.0. The number of nitrogens with one attached hydrogen (secondary N) is 1. The molecule has 6 atom stereocenters. The Morgan fingerprint density at radius 3 is 2.62 bits per heavy atom. The van der Waals surface area contributed by atoms with Gasteiger partial charge in [0.05, 0.1) is 24.6 Å². The van der Waals surface area contributed by atoms with Gasteiger partial charge in [0.15, 0.2) is 5.96 Å². The van der Waals surface area contributed by atoms with Gasteiger partial charge in [-0.3, -0.25) is 4.79 Å². The average Bonchev–Trinajstić information content (AvgIpc) is 3.29. The molecule has 7 N–H and O–H groups in total. The van der Waals surface area contributed by atoms with Gasteiger partial charge >= 0.3 is 5.97 Å². The largest absolute Gasteiger partial charge is 0.477 e. The van der Waals surface area contributed by atoms with Gasteiger partial charge in [-0.2, -0.15) is 0 Å². The molecule has 0 saturated carbocycles. The number of thioether (sulfide) groups is 1. The number of carboxylic acid groups (broad SMARTS) is 1. The Kier molecular flexibility index (Phi) is 6.19. The lowest BCUT2D eigenvalue weighted by molar-refractivity contribution is -0.163. The summed E-state index contributed by atoms with van der Waals surface area (Å²) in [7, 11) is 0. The lowest BCUT2D eigenvalue weighted by Crippen LogP contribution is -2.63. The number of guanidine groups is 1. The second kappa shape index (κ2) is 8.76. The lowest BCUT2D eigenvalue weighted by Gasteiger charge is -2.46. The molecule has 2 fully saturated rings. The second-order valence-electron chi connectivity index (χ2n) is 8.69. The van der Waals surface area contributed by atoms with Crippen LogP contribution in [0.4, 0.5) is 0 Å². The molecule has 1 aromatic carbocycles. The van der Waals surface area contributed by atoms with Crippen LogP contribution in [-0.2, 0) is 16.1 Å². The van der Waals surface area contributed by atoms with E-state index in [2.05, 4.69) is 22.4 Å². The number of hydrogen-bond acceptors (Lipinski definition) is 6. The van der Waals surface area contributed by atoms with Crippen LogP contribution in [0.3, 0.4) is 0 Å². The molecule has 0 aromatic heterocycles. The number of amides is 1. The van der Waals surface area contributed by atoms with Crippen LogP contribution in [0.1, 0.15) is 37.4 Å². The summed E-state index contributed by atoms with van der Waals surface area (Å²) in [5, 5.41) is 23.5. The van der Waals surface area contributed by atoms with Crippen LogP contribution in [-0.4, -0.2) is 56.9 Å². The standard InChI is InChI=1S/C22H29N5O4S/c1-10-17-16(11(2)28)20(29)27(17)18(21(30)31)19(10)32-14-7-15(25-9-14)13-5-3-12(4-6-13)8-26-22(23)24/h3-6,10-11,14-17,25,28H,7-9H2,1-2H3,(H,30,31)(H4,23,24,26)/t10-,11-,14+,15-,16-,17-/m1/s1. The molecular formula is C22H29N5O4S. The highest BCUT2D eigenvalue weighted by atomic mass is 32.2. The van der Waals surface area contributed by atoms with E-state index in [0.29, 0.717) is 6.54 Å². The van der Waals surface area contributed by atoms with Crippen molar-refractivity contribution in [2.45, 2.75) is 50.3 Å². The zero-order chi connectivity index (χ0) is 23.2. The van der Waals surface area contributed by atoms with Gasteiger partial charge in [-0.1, -0.05) is 31.2 Å². The van der Waals surface area contributed by atoms with Crippen molar-refractivity contribution in [3.8, 4) is 0 Å². The molecule has 4 rings (SSSR count). The minimum absolute atomic E-state index is 0.0637. The molecule has 3 aliphatic rings. The molecule has 0 radical (unpaired) electrons. The molecule has 9 nitrogen and oxygen atoms in total. The Hall–Kier alpha value is -2.56. The van der Waals surface area contributed by atoms with Crippen molar-refractivity contribution in [3.63, 3.8) is 0 Å². The maximum absolute atomic E-state index is 12.5. The predicted octanol–water partition coefficient (Wildman–Crippen LogP) is 0.750. The maximum Gasteiger partial charge on any atom is 0.353 e. The van der Waals surface area contributed by atoms with Crippen LogP contribution in [0.5, 0.6) is 0 Å². The SMILES string of the molecule is C[C@@H](O)[C@H]1C(=O)N2C(C(=O)O)=C(S[C@@H]3CN[C@@H](c4ccc(CN=C(N)N)cc4)C3)[C@H](C)[C@H]12. The Morgan fingerprint density at radius 2 is 2.03 bits per heavy atom. The number of fused-ring (bicyclic) bond motifs is 1. The lowest BCUT2D eigenvalue weighted by atomic mass is 9.79. The van der Waals surface area contributed by atoms with E-state index in [1.54, 1.807) is 18.7 Å². The molecular weight excluding hydrogens is 430 g/mol. The normalized spacial score (nSPS) is 30.2. The summed E-state index contributed by atoms with van der Waals surface area (Å²) in [4.78, 5) is 30.6. The highest BCUT2D eigenvalue weighted by molar-refractivity contribution is 8.03. The zero-order valence-corrected chi connectivity index (χ0v) is 18.9. The first kappa shape index (κ1) is 22.6. The molecule has 1 amide bonds. The van der Waals surface area contributed by atoms with Gasteiger partial charge in [0.2, 0.25) is 5.91 Å². The van der Waals surface area contributed by atoms with Crippen molar-refractivity contribution in [3.05, 3.63) is 46.0 Å². The summed E-state index contributed by atoms with van der Waals surface area (Å²) in [6, 6.07) is 8.00. The maximum atomic E-state index is 12.5. The van der Waals surface area contributed by atoms with Crippen molar-refractivity contribution in [2.75, 3.05) is 6.54 Å². The van der Waals surface area contributed by atoms with Crippen LogP contribution in [0.2, 0.25) is 0 Å². The topological polar surface area (TPSA) is 154 Å². The fourth-order valence-corrected chi connectivity index (χ4v) is 6.42. The molecule has 32 heavy (non-hydrogen) atoms. The van der Waals surface area contributed by atoms with Gasteiger partial charge in [-0.25, -0.2) is 9.79 Å². The van der Waals surface area contributed by atoms with Crippen molar-refractivity contribution in [1.29, 1.82) is 0 Å². The van der Waals surface area contributed by atoms with Gasteiger partial charge < -0.3 is 31.9 Å². The molecule has 1 aromatic rings. The fourth-order valence-electron chi connectivity index (χ4n) is 4.94. The number of aliphatic hydroxyl groups is 1. The van der Waals surface area contributed by atoms with Gasteiger partial charge in [-0.15, -0.1) is 11.8 Å². The van der Waals surface area contributed by atoms with Crippen molar-refractivity contribution in [1.82, 2.24) is 10.2 Å². The molecule has 172 valence electrons. The highest BCUT2D eigenvalue weighted by Gasteiger charge is 2.60. The fraction of sp³-hybridized carbons (Fsp3) is 0.500. The number of nitrogens with zero attached hydrogens (tertiary/aromatic N) is 2. The van der Waals surface area contributed by atoms with Gasteiger partial charge in [-0.05, 0) is 24.5 Å². The third-order valence-electron chi connectivity index (χ3n) is 6.52. The summed E-state index contributed by atoms with van der Waals surface area (Å²) in [6.07, 6.45) is 0.0533. The van der Waals surface area contributed by atoms with E-state index < -0.39 is 18.0 Å². The van der Waals surface area contributed by atoms with Crippen molar-refractivity contribution in [2.24, 2.45) is 28.3 Å². The van der Waals surface area contributed by atoms with E-state index in [9.17, 15) is 19.8 Å². The van der Waals surface area contributed by atoms with Crippen molar-refractivity contribution >= 4 is 29.6 Å². The number of aliphatic imine (C=N–C) groups is 1. The van der Waals surface area contributed by atoms with Gasteiger partial charge in [0.25, 0.3) is 0 Å². The van der Waals surface area contributed by atoms with E-state index in [0.717, 1.165) is 29.0 Å². The molecule has 3 heterocycles. The van der Waals surface area contributed by atoms with E-state index in [1.807, 2.05) is 19.1 Å². The van der Waals surface area contributed by atoms with E-state index in [4.69, 9.17) is 11.5 Å². The Bertz CT molecular complexity index is 973. The Morgan fingerprint density at radius 1 is 1.34 bits per heavy atom. The number of hydrogen-bond donors (Lipinski definition) is 5. The first-order valence-corrected chi connectivity index (χ1v) is 11.6. The quantitative estimate of drug-likeness (QED) is 0.227.